The molecular weight excluding hydrogens is 254 g/mol. The first-order valence-corrected chi connectivity index (χ1v) is 7.43. The molecule has 0 bridgehead atoms. The minimum absolute atomic E-state index is 0.0314. The number of nitrogens with two attached hydrogens (primary N) is 1. The third kappa shape index (κ3) is 4.25. The molecule has 0 aliphatic heterocycles. The number of hydrogen-bond acceptors (Lipinski definition) is 5. The fraction of sp³-hybridized carbons (Fsp3) is 0.364. The van der Waals surface area contributed by atoms with Crippen LogP contribution in [0.3, 0.4) is 0 Å². The number of nitrogen functional groups attached to an aromatic ring is 1. The highest BCUT2D eigenvalue weighted by Crippen LogP contribution is 2.19. The number of carbonyl (C=O) groups excluding carboxylic acids is 1. The van der Waals surface area contributed by atoms with Gasteiger partial charge in [0.2, 0.25) is 0 Å². The van der Waals surface area contributed by atoms with Crippen LogP contribution in [0.25, 0.3) is 0 Å². The van der Waals surface area contributed by atoms with E-state index in [1.165, 1.54) is 13.3 Å². The molecular formula is C11H17N3O3S. The van der Waals surface area contributed by atoms with E-state index < -0.39 is 9.84 Å². The fourth-order valence-electron chi connectivity index (χ4n) is 1.38. The molecule has 7 heteroatoms. The molecule has 0 fully saturated rings. The maximum Gasteiger partial charge on any atom is 0.251 e. The maximum atomic E-state index is 11.4. The zero-order valence-electron chi connectivity index (χ0n) is 10.4. The van der Waals surface area contributed by atoms with Crippen LogP contribution < -0.4 is 16.4 Å². The van der Waals surface area contributed by atoms with E-state index in [4.69, 9.17) is 5.73 Å². The van der Waals surface area contributed by atoms with E-state index in [0.29, 0.717) is 16.9 Å². The monoisotopic (exact) mass is 271 g/mol. The summed E-state index contributed by atoms with van der Waals surface area (Å²) in [6.45, 7) is 0.280. The smallest absolute Gasteiger partial charge is 0.251 e. The fourth-order valence-corrected chi connectivity index (χ4v) is 1.85. The average Bonchev–Trinajstić information content (AvgIpc) is 2.28. The SMILES string of the molecule is CNC(=O)c1ccc(NCCS(C)(=O)=O)c(N)c1. The molecule has 0 saturated carbocycles. The van der Waals surface area contributed by atoms with Gasteiger partial charge >= 0.3 is 0 Å². The Bertz CT molecular complexity index is 540. The highest BCUT2D eigenvalue weighted by molar-refractivity contribution is 7.90. The normalized spacial score (nSPS) is 11.0. The number of nitrogens with one attached hydrogen (secondary N) is 2. The summed E-state index contributed by atoms with van der Waals surface area (Å²) in [6.07, 6.45) is 1.17. The van der Waals surface area contributed by atoms with Crippen LogP contribution in [0.15, 0.2) is 18.2 Å². The first-order chi connectivity index (χ1) is 8.33. The van der Waals surface area contributed by atoms with Gasteiger partial charge in [0.25, 0.3) is 5.91 Å². The number of anilines is 2. The second kappa shape index (κ2) is 5.72. The minimum Gasteiger partial charge on any atom is -0.397 e. The third-order valence-electron chi connectivity index (χ3n) is 2.33. The lowest BCUT2D eigenvalue weighted by Crippen LogP contribution is -2.18. The molecule has 0 saturated heterocycles. The zero-order chi connectivity index (χ0) is 13.8. The first kappa shape index (κ1) is 14.3. The Kier molecular flexibility index (Phi) is 4.55. The largest absolute Gasteiger partial charge is 0.397 e. The van der Waals surface area contributed by atoms with Gasteiger partial charge in [0.15, 0.2) is 0 Å². The van der Waals surface area contributed by atoms with E-state index in [2.05, 4.69) is 10.6 Å². The topological polar surface area (TPSA) is 101 Å². The lowest BCUT2D eigenvalue weighted by atomic mass is 10.1. The highest BCUT2D eigenvalue weighted by atomic mass is 32.2. The van der Waals surface area contributed by atoms with Crippen LogP contribution in [-0.4, -0.2) is 39.9 Å². The Hall–Kier alpha value is -1.76. The van der Waals surface area contributed by atoms with Crippen molar-refractivity contribution in [1.29, 1.82) is 0 Å². The number of hydrogen-bond donors (Lipinski definition) is 3. The van der Waals surface area contributed by atoms with E-state index in [9.17, 15) is 13.2 Å². The molecule has 18 heavy (non-hydrogen) atoms. The summed E-state index contributed by atoms with van der Waals surface area (Å²) in [5, 5.41) is 5.41. The zero-order valence-corrected chi connectivity index (χ0v) is 11.2. The standard InChI is InChI=1S/C11H17N3O3S/c1-13-11(15)8-3-4-10(9(12)7-8)14-5-6-18(2,16)17/h3-4,7,14H,5-6,12H2,1-2H3,(H,13,15). The van der Waals surface area contributed by atoms with Crippen LogP contribution in [0.4, 0.5) is 11.4 Å². The molecule has 1 aromatic rings. The second-order valence-corrected chi connectivity index (χ2v) is 6.20. The molecule has 6 nitrogen and oxygen atoms in total. The summed E-state index contributed by atoms with van der Waals surface area (Å²) < 4.78 is 21.9. The number of rotatable bonds is 5. The molecule has 0 aliphatic carbocycles. The molecule has 0 heterocycles. The van der Waals surface area contributed by atoms with Crippen molar-refractivity contribution in [3.63, 3.8) is 0 Å². The Labute approximate surface area is 106 Å². The van der Waals surface area contributed by atoms with Gasteiger partial charge in [-0.1, -0.05) is 0 Å². The Morgan fingerprint density at radius 2 is 2.06 bits per heavy atom. The summed E-state index contributed by atoms with van der Waals surface area (Å²) in [5.41, 5.74) is 7.26. The van der Waals surface area contributed by atoms with Gasteiger partial charge in [-0.05, 0) is 18.2 Å². The van der Waals surface area contributed by atoms with Gasteiger partial charge in [-0.15, -0.1) is 0 Å². The molecule has 1 aromatic carbocycles. The predicted molar refractivity (Wildman–Crippen MR) is 72.4 cm³/mol. The molecule has 4 N–H and O–H groups in total. The molecule has 1 rings (SSSR count). The highest BCUT2D eigenvalue weighted by Gasteiger charge is 2.07. The van der Waals surface area contributed by atoms with Crippen molar-refractivity contribution < 1.29 is 13.2 Å². The number of sulfone groups is 1. The lowest BCUT2D eigenvalue weighted by Gasteiger charge is -2.10. The third-order valence-corrected chi connectivity index (χ3v) is 3.27. The Morgan fingerprint density at radius 1 is 1.39 bits per heavy atom. The van der Waals surface area contributed by atoms with Crippen molar-refractivity contribution in [3.05, 3.63) is 23.8 Å². The van der Waals surface area contributed by atoms with Gasteiger partial charge < -0.3 is 16.4 Å². The van der Waals surface area contributed by atoms with Crippen LogP contribution in [0.5, 0.6) is 0 Å². The number of benzene rings is 1. The van der Waals surface area contributed by atoms with Crippen molar-refractivity contribution in [1.82, 2.24) is 5.32 Å². The van der Waals surface area contributed by atoms with Gasteiger partial charge in [0.1, 0.15) is 9.84 Å². The maximum absolute atomic E-state index is 11.4. The van der Waals surface area contributed by atoms with Gasteiger partial charge in [-0.2, -0.15) is 0 Å². The number of amides is 1. The Balaban J connectivity index is 2.71. The predicted octanol–water partition coefficient (Wildman–Crippen LogP) is 0.0849. The van der Waals surface area contributed by atoms with Crippen LogP contribution in [0.2, 0.25) is 0 Å². The van der Waals surface area contributed by atoms with Crippen molar-refractivity contribution in [3.8, 4) is 0 Å². The van der Waals surface area contributed by atoms with Gasteiger partial charge in [-0.3, -0.25) is 4.79 Å². The van der Waals surface area contributed by atoms with Crippen LogP contribution >= 0.6 is 0 Å². The van der Waals surface area contributed by atoms with E-state index in [-0.39, 0.29) is 18.2 Å². The van der Waals surface area contributed by atoms with Crippen LogP contribution in [-0.2, 0) is 9.84 Å². The molecule has 0 unspecified atom stereocenters. The van der Waals surface area contributed by atoms with Crippen molar-refractivity contribution in [2.45, 2.75) is 0 Å². The van der Waals surface area contributed by atoms with E-state index >= 15 is 0 Å². The first-order valence-electron chi connectivity index (χ1n) is 5.36. The van der Waals surface area contributed by atoms with Crippen molar-refractivity contribution in [2.75, 3.05) is 36.7 Å². The summed E-state index contributed by atoms with van der Waals surface area (Å²) in [7, 11) is -1.46. The van der Waals surface area contributed by atoms with E-state index in [1.807, 2.05) is 0 Å². The molecule has 100 valence electrons. The summed E-state index contributed by atoms with van der Waals surface area (Å²) >= 11 is 0. The summed E-state index contributed by atoms with van der Waals surface area (Å²) in [4.78, 5) is 11.4. The molecule has 0 radical (unpaired) electrons. The molecule has 0 spiro atoms. The molecule has 1 amide bonds. The van der Waals surface area contributed by atoms with Crippen LogP contribution in [0.1, 0.15) is 10.4 Å². The van der Waals surface area contributed by atoms with Crippen LogP contribution in [0, 0.1) is 0 Å². The second-order valence-electron chi connectivity index (χ2n) is 3.94. The van der Waals surface area contributed by atoms with Gasteiger partial charge in [0, 0.05) is 25.4 Å². The number of carbonyl (C=O) groups is 1. The quantitative estimate of drug-likeness (QED) is 0.659. The molecule has 0 aromatic heterocycles. The molecule has 0 atom stereocenters. The summed E-state index contributed by atoms with van der Waals surface area (Å²) in [5.74, 6) is -0.187. The lowest BCUT2D eigenvalue weighted by molar-refractivity contribution is 0.0963. The Morgan fingerprint density at radius 3 is 2.56 bits per heavy atom. The molecule has 0 aliphatic rings. The average molecular weight is 271 g/mol. The summed E-state index contributed by atoms with van der Waals surface area (Å²) in [6, 6.07) is 4.82. The van der Waals surface area contributed by atoms with Crippen molar-refractivity contribution in [2.24, 2.45) is 0 Å². The van der Waals surface area contributed by atoms with Gasteiger partial charge in [0.05, 0.1) is 17.1 Å². The van der Waals surface area contributed by atoms with E-state index in [0.717, 1.165) is 0 Å². The minimum atomic E-state index is -3.00. The van der Waals surface area contributed by atoms with Crippen molar-refractivity contribution >= 4 is 27.1 Å². The van der Waals surface area contributed by atoms with E-state index in [1.54, 1.807) is 18.2 Å². The van der Waals surface area contributed by atoms with Gasteiger partial charge in [-0.25, -0.2) is 8.42 Å².